The zero-order chi connectivity index (χ0) is 13.8. The molecule has 0 saturated carbocycles. The molecule has 0 aliphatic carbocycles. The highest BCUT2D eigenvalue weighted by Crippen LogP contribution is 2.33. The van der Waals surface area contributed by atoms with E-state index in [2.05, 4.69) is 38.6 Å². The second-order valence-electron chi connectivity index (χ2n) is 4.61. The summed E-state index contributed by atoms with van der Waals surface area (Å²) in [5, 5.41) is 0.794. The van der Waals surface area contributed by atoms with Crippen molar-refractivity contribution in [2.45, 2.75) is 26.7 Å². The Labute approximate surface area is 120 Å². The number of aryl methyl sites for hydroxylation is 1. The minimum atomic E-state index is 0.794. The van der Waals surface area contributed by atoms with Gasteiger partial charge in [0.1, 0.15) is 0 Å². The first-order valence-electron chi connectivity index (χ1n) is 6.74. The van der Waals surface area contributed by atoms with Crippen LogP contribution in [0.1, 0.15) is 36.1 Å². The van der Waals surface area contributed by atoms with E-state index in [9.17, 15) is 0 Å². The van der Waals surface area contributed by atoms with Crippen LogP contribution in [0.25, 0.3) is 5.57 Å². The average Bonchev–Trinajstić information content (AvgIpc) is 2.47. The van der Waals surface area contributed by atoms with Crippen molar-refractivity contribution in [1.29, 1.82) is 0 Å². The summed E-state index contributed by atoms with van der Waals surface area (Å²) in [6.07, 6.45) is 2.00. The van der Waals surface area contributed by atoms with Crippen LogP contribution in [0.5, 0.6) is 0 Å². The van der Waals surface area contributed by atoms with E-state index < -0.39 is 0 Å². The molecule has 0 aliphatic rings. The monoisotopic (exact) mass is 270 g/mol. The van der Waals surface area contributed by atoms with Crippen LogP contribution in [0, 0.1) is 0 Å². The van der Waals surface area contributed by atoms with E-state index in [0.717, 1.165) is 34.6 Å². The van der Waals surface area contributed by atoms with Crippen molar-refractivity contribution in [3.63, 3.8) is 0 Å². The Kier molecular flexibility index (Phi) is 4.44. The summed E-state index contributed by atoms with van der Waals surface area (Å²) < 4.78 is 0. The predicted octanol–water partition coefficient (Wildman–Crippen LogP) is 5.53. The predicted molar refractivity (Wildman–Crippen MR) is 84.8 cm³/mol. The van der Waals surface area contributed by atoms with Gasteiger partial charge >= 0.3 is 0 Å². The fourth-order valence-corrected chi connectivity index (χ4v) is 2.80. The third kappa shape index (κ3) is 2.74. The van der Waals surface area contributed by atoms with Crippen molar-refractivity contribution in [3.8, 4) is 0 Å². The fourth-order valence-electron chi connectivity index (χ4n) is 2.51. The quantitative estimate of drug-likeness (QED) is 0.686. The minimum Gasteiger partial charge on any atom is -0.0905 e. The van der Waals surface area contributed by atoms with Crippen LogP contribution in [-0.4, -0.2) is 0 Å². The van der Waals surface area contributed by atoms with E-state index in [-0.39, 0.29) is 0 Å². The summed E-state index contributed by atoms with van der Waals surface area (Å²) in [6, 6.07) is 14.4. The molecule has 2 aromatic carbocycles. The lowest BCUT2D eigenvalue weighted by Crippen LogP contribution is -1.99. The fraction of sp³-hybridized carbons (Fsp3) is 0.222. The minimum absolute atomic E-state index is 0.794. The molecule has 0 bridgehead atoms. The van der Waals surface area contributed by atoms with E-state index in [1.165, 1.54) is 11.1 Å². The second kappa shape index (κ2) is 6.08. The summed E-state index contributed by atoms with van der Waals surface area (Å²) >= 11 is 6.42. The Morgan fingerprint density at radius 3 is 2.26 bits per heavy atom. The molecule has 19 heavy (non-hydrogen) atoms. The third-order valence-corrected chi connectivity index (χ3v) is 3.83. The summed E-state index contributed by atoms with van der Waals surface area (Å²) in [5.74, 6) is 0. The van der Waals surface area contributed by atoms with Crippen LogP contribution in [0.4, 0.5) is 0 Å². The lowest BCUT2D eigenvalue weighted by atomic mass is 9.90. The van der Waals surface area contributed by atoms with Crippen LogP contribution in [-0.2, 0) is 12.8 Å². The molecule has 2 rings (SSSR count). The molecule has 0 N–H and O–H groups in total. The molecule has 0 aliphatic heterocycles. The standard InChI is InChI=1S/C18H19Cl/c1-4-14-11-12-17(19)18(16(14)5-2)13(3)15-9-7-6-8-10-15/h6-12H,3-5H2,1-2H3. The second-order valence-corrected chi connectivity index (χ2v) is 5.02. The number of hydrogen-bond acceptors (Lipinski definition) is 0. The average molecular weight is 271 g/mol. The van der Waals surface area contributed by atoms with E-state index in [1.54, 1.807) is 0 Å². The Hall–Kier alpha value is -1.53. The van der Waals surface area contributed by atoms with Crippen molar-refractivity contribution in [2.24, 2.45) is 0 Å². The zero-order valence-electron chi connectivity index (χ0n) is 11.5. The van der Waals surface area contributed by atoms with Gasteiger partial charge in [-0.1, -0.05) is 68.4 Å². The molecule has 0 fully saturated rings. The highest BCUT2D eigenvalue weighted by Gasteiger charge is 2.14. The van der Waals surface area contributed by atoms with E-state index >= 15 is 0 Å². The molecule has 2 aromatic rings. The first-order valence-corrected chi connectivity index (χ1v) is 7.11. The SMILES string of the molecule is C=C(c1ccccc1)c1c(Cl)ccc(CC)c1CC. The summed E-state index contributed by atoms with van der Waals surface area (Å²) in [7, 11) is 0. The van der Waals surface area contributed by atoms with Crippen molar-refractivity contribution in [3.05, 3.63) is 76.3 Å². The molecule has 0 atom stereocenters. The smallest absolute Gasteiger partial charge is 0.0487 e. The summed E-state index contributed by atoms with van der Waals surface area (Å²) in [4.78, 5) is 0. The molecule has 0 amide bonds. The van der Waals surface area contributed by atoms with Gasteiger partial charge < -0.3 is 0 Å². The van der Waals surface area contributed by atoms with Gasteiger partial charge in [0.25, 0.3) is 0 Å². The summed E-state index contributed by atoms with van der Waals surface area (Å²) in [5.41, 5.74) is 5.93. The van der Waals surface area contributed by atoms with Crippen LogP contribution >= 0.6 is 11.6 Å². The van der Waals surface area contributed by atoms with Crippen molar-refractivity contribution < 1.29 is 0 Å². The van der Waals surface area contributed by atoms with Crippen molar-refractivity contribution >= 4 is 17.2 Å². The van der Waals surface area contributed by atoms with E-state index in [4.69, 9.17) is 11.6 Å². The molecular weight excluding hydrogens is 252 g/mol. The van der Waals surface area contributed by atoms with Crippen LogP contribution < -0.4 is 0 Å². The molecule has 0 aromatic heterocycles. The van der Waals surface area contributed by atoms with Gasteiger partial charge in [-0.2, -0.15) is 0 Å². The van der Waals surface area contributed by atoms with Gasteiger partial charge in [-0.05, 0) is 41.2 Å². The molecule has 0 heterocycles. The number of rotatable bonds is 4. The van der Waals surface area contributed by atoms with Gasteiger partial charge in [0, 0.05) is 10.6 Å². The van der Waals surface area contributed by atoms with E-state index in [1.807, 2.05) is 24.3 Å². The Morgan fingerprint density at radius 2 is 1.68 bits per heavy atom. The maximum Gasteiger partial charge on any atom is 0.0487 e. The first kappa shape index (κ1) is 13.9. The number of halogens is 1. The first-order chi connectivity index (χ1) is 9.19. The lowest BCUT2D eigenvalue weighted by Gasteiger charge is -2.17. The molecule has 0 radical (unpaired) electrons. The largest absolute Gasteiger partial charge is 0.0905 e. The summed E-state index contributed by atoms with van der Waals surface area (Å²) in [6.45, 7) is 8.61. The Balaban J connectivity index is 2.58. The lowest BCUT2D eigenvalue weighted by molar-refractivity contribution is 1.03. The molecule has 98 valence electrons. The van der Waals surface area contributed by atoms with Gasteiger partial charge in [-0.15, -0.1) is 0 Å². The molecule has 0 spiro atoms. The van der Waals surface area contributed by atoms with E-state index in [0.29, 0.717) is 0 Å². The van der Waals surface area contributed by atoms with Gasteiger partial charge in [-0.3, -0.25) is 0 Å². The molecule has 1 heteroatoms. The number of hydrogen-bond donors (Lipinski definition) is 0. The highest BCUT2D eigenvalue weighted by molar-refractivity contribution is 6.32. The Bertz CT molecular complexity index is 582. The van der Waals surface area contributed by atoms with Crippen LogP contribution in [0.15, 0.2) is 49.0 Å². The molecule has 0 nitrogen and oxygen atoms in total. The Morgan fingerprint density at radius 1 is 1.00 bits per heavy atom. The van der Waals surface area contributed by atoms with Crippen molar-refractivity contribution in [1.82, 2.24) is 0 Å². The molecule has 0 unspecified atom stereocenters. The van der Waals surface area contributed by atoms with Gasteiger partial charge in [0.2, 0.25) is 0 Å². The van der Waals surface area contributed by atoms with Gasteiger partial charge in [0.15, 0.2) is 0 Å². The zero-order valence-corrected chi connectivity index (χ0v) is 12.3. The maximum atomic E-state index is 6.42. The van der Waals surface area contributed by atoms with Gasteiger partial charge in [0.05, 0.1) is 0 Å². The topological polar surface area (TPSA) is 0 Å². The number of benzene rings is 2. The van der Waals surface area contributed by atoms with Crippen LogP contribution in [0.2, 0.25) is 5.02 Å². The maximum absolute atomic E-state index is 6.42. The van der Waals surface area contributed by atoms with Crippen LogP contribution in [0.3, 0.4) is 0 Å². The third-order valence-electron chi connectivity index (χ3n) is 3.52. The molecule has 0 saturated heterocycles. The highest BCUT2D eigenvalue weighted by atomic mass is 35.5. The van der Waals surface area contributed by atoms with Crippen molar-refractivity contribution in [2.75, 3.05) is 0 Å². The normalized spacial score (nSPS) is 10.5. The molecular formula is C18H19Cl. The van der Waals surface area contributed by atoms with Gasteiger partial charge in [-0.25, -0.2) is 0 Å².